The first kappa shape index (κ1) is 15.8. The molecular weight excluding hydrogens is 264 g/mol. The fourth-order valence-corrected chi connectivity index (χ4v) is 2.64. The molecule has 0 aliphatic carbocycles. The van der Waals surface area contributed by atoms with Crippen LogP contribution < -0.4 is 5.32 Å². The summed E-state index contributed by atoms with van der Waals surface area (Å²) in [6.07, 6.45) is 4.73. The summed E-state index contributed by atoms with van der Waals surface area (Å²) in [5.74, 6) is -0.240. The molecule has 1 aliphatic heterocycles. The summed E-state index contributed by atoms with van der Waals surface area (Å²) in [5, 5.41) is 3.46. The maximum absolute atomic E-state index is 11.7. The maximum Gasteiger partial charge on any atom is 0.338 e. The first-order valence-electron chi connectivity index (χ1n) is 7.92. The van der Waals surface area contributed by atoms with Crippen LogP contribution in [0, 0.1) is 0 Å². The van der Waals surface area contributed by atoms with Crippen LogP contribution in [-0.2, 0) is 4.74 Å². The minimum absolute atomic E-state index is 0.240. The molecule has 1 aromatic rings. The number of likely N-dealkylation sites (N-methyl/N-ethyl adjacent to an activating group) is 1. The smallest absolute Gasteiger partial charge is 0.338 e. The van der Waals surface area contributed by atoms with Gasteiger partial charge in [-0.15, -0.1) is 0 Å². The van der Waals surface area contributed by atoms with Gasteiger partial charge in [-0.05, 0) is 57.1 Å². The Hall–Kier alpha value is -1.55. The van der Waals surface area contributed by atoms with E-state index in [2.05, 4.69) is 17.3 Å². The molecule has 1 heterocycles. The number of nitrogens with one attached hydrogen (secondary N) is 1. The third-order valence-electron chi connectivity index (χ3n) is 4.02. The Morgan fingerprint density at radius 2 is 2.10 bits per heavy atom. The van der Waals surface area contributed by atoms with Gasteiger partial charge in [0.15, 0.2) is 0 Å². The van der Waals surface area contributed by atoms with E-state index in [4.69, 9.17) is 4.74 Å². The number of ether oxygens (including phenoxy) is 1. The fraction of sp³-hybridized carbons (Fsp3) is 0.588. The molecule has 1 N–H and O–H groups in total. The largest absolute Gasteiger partial charge is 0.462 e. The third kappa shape index (κ3) is 4.74. The summed E-state index contributed by atoms with van der Waals surface area (Å²) < 4.78 is 5.12. The molecule has 116 valence electrons. The molecule has 21 heavy (non-hydrogen) atoms. The summed E-state index contributed by atoms with van der Waals surface area (Å²) in [4.78, 5) is 14.1. The molecule has 1 aromatic carbocycles. The van der Waals surface area contributed by atoms with E-state index >= 15 is 0 Å². The number of rotatable bonds is 6. The molecular formula is C17H26N2O2. The van der Waals surface area contributed by atoms with Crippen molar-refractivity contribution in [1.29, 1.82) is 0 Å². The van der Waals surface area contributed by atoms with Crippen LogP contribution in [0.2, 0.25) is 0 Å². The van der Waals surface area contributed by atoms with E-state index in [1.807, 2.05) is 31.2 Å². The van der Waals surface area contributed by atoms with Crippen molar-refractivity contribution in [2.45, 2.75) is 38.6 Å². The summed E-state index contributed by atoms with van der Waals surface area (Å²) in [5.41, 5.74) is 1.67. The Balaban J connectivity index is 1.83. The highest BCUT2D eigenvalue weighted by Crippen LogP contribution is 2.16. The minimum atomic E-state index is -0.240. The number of carbonyl (C=O) groups excluding carboxylic acids is 1. The average Bonchev–Trinajstić information content (AvgIpc) is 2.52. The molecule has 1 unspecified atom stereocenters. The SMILES string of the molecule is CCCOC(=O)c1ccc(NCC2CCCCN2C)cc1. The van der Waals surface area contributed by atoms with Crippen LogP contribution in [0.5, 0.6) is 0 Å². The predicted molar refractivity (Wildman–Crippen MR) is 85.8 cm³/mol. The number of anilines is 1. The molecule has 0 aromatic heterocycles. The molecule has 1 atom stereocenters. The normalized spacial score (nSPS) is 19.2. The van der Waals surface area contributed by atoms with Crippen LogP contribution in [-0.4, -0.2) is 43.7 Å². The van der Waals surface area contributed by atoms with Gasteiger partial charge < -0.3 is 15.0 Å². The van der Waals surface area contributed by atoms with Crippen LogP contribution in [0.1, 0.15) is 43.0 Å². The topological polar surface area (TPSA) is 41.6 Å². The molecule has 1 saturated heterocycles. The second-order valence-corrected chi connectivity index (χ2v) is 5.72. The van der Waals surface area contributed by atoms with Crippen LogP contribution >= 0.6 is 0 Å². The van der Waals surface area contributed by atoms with Crippen LogP contribution in [0.25, 0.3) is 0 Å². The lowest BCUT2D eigenvalue weighted by molar-refractivity contribution is 0.0505. The number of nitrogens with zero attached hydrogens (tertiary/aromatic N) is 1. The van der Waals surface area contributed by atoms with Crippen molar-refractivity contribution in [3.8, 4) is 0 Å². The fourth-order valence-electron chi connectivity index (χ4n) is 2.64. The predicted octanol–water partition coefficient (Wildman–Crippen LogP) is 3.15. The highest BCUT2D eigenvalue weighted by atomic mass is 16.5. The van der Waals surface area contributed by atoms with E-state index in [-0.39, 0.29) is 5.97 Å². The van der Waals surface area contributed by atoms with Crippen LogP contribution in [0.4, 0.5) is 5.69 Å². The van der Waals surface area contributed by atoms with Gasteiger partial charge in [-0.2, -0.15) is 0 Å². The molecule has 1 aliphatic rings. The van der Waals surface area contributed by atoms with Crippen molar-refractivity contribution >= 4 is 11.7 Å². The van der Waals surface area contributed by atoms with E-state index < -0.39 is 0 Å². The lowest BCUT2D eigenvalue weighted by Crippen LogP contribution is -2.40. The van der Waals surface area contributed by atoms with Crippen molar-refractivity contribution < 1.29 is 9.53 Å². The van der Waals surface area contributed by atoms with Gasteiger partial charge in [0, 0.05) is 18.3 Å². The van der Waals surface area contributed by atoms with Gasteiger partial charge in [0.2, 0.25) is 0 Å². The van der Waals surface area contributed by atoms with Crippen molar-refractivity contribution in [3.63, 3.8) is 0 Å². The summed E-state index contributed by atoms with van der Waals surface area (Å²) in [6, 6.07) is 8.15. The Bertz CT molecular complexity index is 445. The van der Waals surface area contributed by atoms with Crippen molar-refractivity contribution in [2.24, 2.45) is 0 Å². The number of hydrogen-bond donors (Lipinski definition) is 1. The zero-order valence-electron chi connectivity index (χ0n) is 13.1. The highest BCUT2D eigenvalue weighted by Gasteiger charge is 2.18. The van der Waals surface area contributed by atoms with E-state index in [0.717, 1.165) is 18.7 Å². The Kier molecular flexibility index (Phi) is 6.05. The van der Waals surface area contributed by atoms with Gasteiger partial charge in [0.25, 0.3) is 0 Å². The van der Waals surface area contributed by atoms with Crippen molar-refractivity contribution in [3.05, 3.63) is 29.8 Å². The molecule has 0 radical (unpaired) electrons. The number of esters is 1. The van der Waals surface area contributed by atoms with Crippen molar-refractivity contribution in [2.75, 3.05) is 32.1 Å². The molecule has 0 saturated carbocycles. The summed E-state index contributed by atoms with van der Waals surface area (Å²) in [7, 11) is 2.19. The monoisotopic (exact) mass is 290 g/mol. The first-order chi connectivity index (χ1) is 10.2. The molecule has 4 heteroatoms. The van der Waals surface area contributed by atoms with Crippen LogP contribution in [0.15, 0.2) is 24.3 Å². The minimum Gasteiger partial charge on any atom is -0.462 e. The number of benzene rings is 1. The van der Waals surface area contributed by atoms with Gasteiger partial charge in [0.05, 0.1) is 12.2 Å². The molecule has 0 amide bonds. The standard InChI is InChI=1S/C17H26N2O2/c1-3-12-21-17(20)14-7-9-15(10-8-14)18-13-16-6-4-5-11-19(16)2/h7-10,16,18H,3-6,11-13H2,1-2H3. The number of hydrogen-bond acceptors (Lipinski definition) is 4. The van der Waals surface area contributed by atoms with Gasteiger partial charge in [-0.1, -0.05) is 13.3 Å². The van der Waals surface area contributed by atoms with Crippen molar-refractivity contribution in [1.82, 2.24) is 4.90 Å². The second-order valence-electron chi connectivity index (χ2n) is 5.72. The zero-order chi connectivity index (χ0) is 15.1. The van der Waals surface area contributed by atoms with E-state index in [1.54, 1.807) is 0 Å². The Labute approximate surface area is 127 Å². The second kappa shape index (κ2) is 8.03. The van der Waals surface area contributed by atoms with Crippen LogP contribution in [0.3, 0.4) is 0 Å². The van der Waals surface area contributed by atoms with Gasteiger partial charge in [-0.25, -0.2) is 4.79 Å². The number of likely N-dealkylation sites (tertiary alicyclic amines) is 1. The third-order valence-corrected chi connectivity index (χ3v) is 4.02. The van der Waals surface area contributed by atoms with Gasteiger partial charge >= 0.3 is 5.97 Å². The maximum atomic E-state index is 11.7. The summed E-state index contributed by atoms with van der Waals surface area (Å²) >= 11 is 0. The van der Waals surface area contributed by atoms with Gasteiger partial charge in [-0.3, -0.25) is 0 Å². The molecule has 1 fully saturated rings. The molecule has 0 bridgehead atoms. The highest BCUT2D eigenvalue weighted by molar-refractivity contribution is 5.89. The van der Waals surface area contributed by atoms with E-state index in [9.17, 15) is 4.79 Å². The zero-order valence-corrected chi connectivity index (χ0v) is 13.1. The Morgan fingerprint density at radius 1 is 1.33 bits per heavy atom. The quantitative estimate of drug-likeness (QED) is 0.817. The van der Waals surface area contributed by atoms with E-state index in [0.29, 0.717) is 18.2 Å². The molecule has 4 nitrogen and oxygen atoms in total. The van der Waals surface area contributed by atoms with E-state index in [1.165, 1.54) is 25.8 Å². The lowest BCUT2D eigenvalue weighted by atomic mass is 10.0. The molecule has 2 rings (SSSR count). The average molecular weight is 290 g/mol. The summed E-state index contributed by atoms with van der Waals surface area (Å²) in [6.45, 7) is 4.61. The number of carbonyl (C=O) groups is 1. The number of piperidine rings is 1. The Morgan fingerprint density at radius 3 is 2.76 bits per heavy atom. The molecule has 0 spiro atoms. The van der Waals surface area contributed by atoms with Gasteiger partial charge in [0.1, 0.15) is 0 Å². The first-order valence-corrected chi connectivity index (χ1v) is 7.92. The lowest BCUT2D eigenvalue weighted by Gasteiger charge is -2.32.